The van der Waals surface area contributed by atoms with Crippen molar-refractivity contribution in [2.24, 2.45) is 5.73 Å². The molecule has 0 heterocycles. The first kappa shape index (κ1) is 18.9. The average Bonchev–Trinajstić information content (AvgIpc) is 2.43. The fourth-order valence-electron chi connectivity index (χ4n) is 2.35. The van der Waals surface area contributed by atoms with E-state index in [9.17, 15) is 5.11 Å². The van der Waals surface area contributed by atoms with Crippen LogP contribution in [0.25, 0.3) is 0 Å². The van der Waals surface area contributed by atoms with Gasteiger partial charge in [-0.15, -0.1) is 0 Å². The normalized spacial score (nSPS) is 14.5. The molecule has 2 atom stereocenters. The third-order valence-corrected chi connectivity index (χ3v) is 3.81. The Morgan fingerprint density at radius 1 is 0.789 bits per heavy atom. The Morgan fingerprint density at radius 2 is 1.21 bits per heavy atom. The zero-order valence-corrected chi connectivity index (χ0v) is 12.8. The van der Waals surface area contributed by atoms with Gasteiger partial charge in [-0.3, -0.25) is 0 Å². The van der Waals surface area contributed by atoms with Crippen molar-refractivity contribution in [2.45, 2.75) is 96.1 Å². The summed E-state index contributed by atoms with van der Waals surface area (Å²) in [6, 6.07) is -0.469. The van der Waals surface area contributed by atoms with Crippen LogP contribution in [-0.2, 0) is 0 Å². The van der Waals surface area contributed by atoms with Crippen molar-refractivity contribution in [3.8, 4) is 0 Å². The second kappa shape index (κ2) is 14.3. The lowest BCUT2D eigenvalue weighted by Gasteiger charge is -2.15. The maximum Gasteiger partial charge on any atom is 0.0713 e. The molecule has 116 valence electrons. The summed E-state index contributed by atoms with van der Waals surface area (Å²) in [5.41, 5.74) is 5.55. The van der Waals surface area contributed by atoms with Crippen LogP contribution in [-0.4, -0.2) is 29.0 Å². The maximum absolute atomic E-state index is 9.58. The topological polar surface area (TPSA) is 66.5 Å². The summed E-state index contributed by atoms with van der Waals surface area (Å²) in [6.07, 6.45) is 14.6. The smallest absolute Gasteiger partial charge is 0.0713 e. The highest BCUT2D eigenvalue weighted by Crippen LogP contribution is 2.12. The highest BCUT2D eigenvalue weighted by molar-refractivity contribution is 4.70. The van der Waals surface area contributed by atoms with Crippen molar-refractivity contribution in [2.75, 3.05) is 6.61 Å². The van der Waals surface area contributed by atoms with Crippen LogP contribution in [0.5, 0.6) is 0 Å². The number of aliphatic hydroxyl groups is 2. The molecule has 0 aromatic carbocycles. The lowest BCUT2D eigenvalue weighted by Crippen LogP contribution is -2.37. The summed E-state index contributed by atoms with van der Waals surface area (Å²) in [5, 5.41) is 18.4. The van der Waals surface area contributed by atoms with Crippen LogP contribution in [0.1, 0.15) is 84.0 Å². The van der Waals surface area contributed by atoms with Gasteiger partial charge in [0.25, 0.3) is 0 Å². The Balaban J connectivity index is 3.10. The quantitative estimate of drug-likeness (QED) is 0.425. The molecule has 0 aliphatic rings. The molecule has 0 aliphatic carbocycles. The van der Waals surface area contributed by atoms with E-state index in [2.05, 4.69) is 6.92 Å². The number of unbranched alkanes of at least 4 members (excludes halogenated alkanes) is 10. The second-order valence-electron chi connectivity index (χ2n) is 5.74. The molecule has 0 unspecified atom stereocenters. The fourth-order valence-corrected chi connectivity index (χ4v) is 2.35. The highest BCUT2D eigenvalue weighted by Gasteiger charge is 2.12. The monoisotopic (exact) mass is 273 g/mol. The summed E-state index contributed by atoms with van der Waals surface area (Å²) < 4.78 is 0. The van der Waals surface area contributed by atoms with E-state index in [-0.39, 0.29) is 6.61 Å². The van der Waals surface area contributed by atoms with E-state index in [1.165, 1.54) is 64.2 Å². The molecule has 0 spiro atoms. The molecule has 0 aromatic rings. The third kappa shape index (κ3) is 12.6. The van der Waals surface area contributed by atoms with Crippen molar-refractivity contribution in [1.82, 2.24) is 0 Å². The summed E-state index contributed by atoms with van der Waals surface area (Å²) >= 11 is 0. The van der Waals surface area contributed by atoms with E-state index in [4.69, 9.17) is 10.8 Å². The third-order valence-electron chi connectivity index (χ3n) is 3.81. The number of hydrogen-bond donors (Lipinski definition) is 3. The van der Waals surface area contributed by atoms with E-state index < -0.39 is 12.1 Å². The molecule has 19 heavy (non-hydrogen) atoms. The Hall–Kier alpha value is -0.120. The number of rotatable bonds is 14. The average molecular weight is 273 g/mol. The van der Waals surface area contributed by atoms with Gasteiger partial charge in [0.2, 0.25) is 0 Å². The molecule has 0 saturated carbocycles. The number of nitrogens with two attached hydrogens (primary N) is 1. The van der Waals surface area contributed by atoms with Gasteiger partial charge in [-0.1, -0.05) is 77.6 Å². The predicted molar refractivity (Wildman–Crippen MR) is 82.1 cm³/mol. The lowest BCUT2D eigenvalue weighted by molar-refractivity contribution is 0.0990. The molecule has 0 fully saturated rings. The Morgan fingerprint density at radius 3 is 1.63 bits per heavy atom. The summed E-state index contributed by atoms with van der Waals surface area (Å²) in [5.74, 6) is 0. The first-order valence-corrected chi connectivity index (χ1v) is 8.26. The SMILES string of the molecule is CCCCCCCCCCCCC[C@@H](O)[C@@H](N)CO. The molecule has 0 bridgehead atoms. The van der Waals surface area contributed by atoms with Crippen LogP contribution in [0.4, 0.5) is 0 Å². The molecular weight excluding hydrogens is 238 g/mol. The molecule has 0 aliphatic heterocycles. The van der Waals surface area contributed by atoms with Crippen molar-refractivity contribution in [3.63, 3.8) is 0 Å². The van der Waals surface area contributed by atoms with E-state index in [1.54, 1.807) is 0 Å². The van der Waals surface area contributed by atoms with Gasteiger partial charge in [-0.05, 0) is 6.42 Å². The van der Waals surface area contributed by atoms with Crippen LogP contribution in [0, 0.1) is 0 Å². The van der Waals surface area contributed by atoms with Gasteiger partial charge < -0.3 is 15.9 Å². The number of hydrogen-bond acceptors (Lipinski definition) is 3. The molecule has 0 rings (SSSR count). The van der Waals surface area contributed by atoms with E-state index in [1.807, 2.05) is 0 Å². The van der Waals surface area contributed by atoms with Crippen molar-refractivity contribution >= 4 is 0 Å². The van der Waals surface area contributed by atoms with Crippen LogP contribution in [0.2, 0.25) is 0 Å². The minimum absolute atomic E-state index is 0.126. The van der Waals surface area contributed by atoms with Crippen LogP contribution >= 0.6 is 0 Å². The minimum Gasteiger partial charge on any atom is -0.395 e. The minimum atomic E-state index is -0.538. The van der Waals surface area contributed by atoms with Gasteiger partial charge >= 0.3 is 0 Å². The summed E-state index contributed by atoms with van der Waals surface area (Å²) in [6.45, 7) is 2.13. The molecule has 0 aromatic heterocycles. The predicted octanol–water partition coefficient (Wildman–Crippen LogP) is 3.37. The van der Waals surface area contributed by atoms with Crippen molar-refractivity contribution in [1.29, 1.82) is 0 Å². The second-order valence-corrected chi connectivity index (χ2v) is 5.74. The first-order valence-electron chi connectivity index (χ1n) is 8.26. The molecule has 4 N–H and O–H groups in total. The van der Waals surface area contributed by atoms with E-state index >= 15 is 0 Å². The first-order chi connectivity index (χ1) is 9.22. The largest absolute Gasteiger partial charge is 0.395 e. The van der Waals surface area contributed by atoms with E-state index in [0.29, 0.717) is 0 Å². The van der Waals surface area contributed by atoms with Gasteiger partial charge in [0.1, 0.15) is 0 Å². The van der Waals surface area contributed by atoms with Gasteiger partial charge in [0, 0.05) is 0 Å². The van der Waals surface area contributed by atoms with Gasteiger partial charge in [-0.2, -0.15) is 0 Å². The summed E-state index contributed by atoms with van der Waals surface area (Å²) in [7, 11) is 0. The van der Waals surface area contributed by atoms with Gasteiger partial charge in [0.05, 0.1) is 18.8 Å². The lowest BCUT2D eigenvalue weighted by atomic mass is 10.0. The molecule has 3 heteroatoms. The molecular formula is C16H35NO2. The van der Waals surface area contributed by atoms with Crippen molar-refractivity contribution in [3.05, 3.63) is 0 Å². The molecule has 0 amide bonds. The number of aliphatic hydroxyl groups excluding tert-OH is 2. The van der Waals surface area contributed by atoms with Crippen LogP contribution in [0.15, 0.2) is 0 Å². The molecule has 0 saturated heterocycles. The molecule has 3 nitrogen and oxygen atoms in total. The van der Waals surface area contributed by atoms with Crippen LogP contribution < -0.4 is 5.73 Å². The fraction of sp³-hybridized carbons (Fsp3) is 1.00. The zero-order chi connectivity index (χ0) is 14.3. The Labute approximate surface area is 119 Å². The Kier molecular flexibility index (Phi) is 14.2. The van der Waals surface area contributed by atoms with Gasteiger partial charge in [-0.25, -0.2) is 0 Å². The van der Waals surface area contributed by atoms with Gasteiger partial charge in [0.15, 0.2) is 0 Å². The standard InChI is InChI=1S/C16H35NO2/c1-2-3-4-5-6-7-8-9-10-11-12-13-16(19)15(17)14-18/h15-16,18-19H,2-14,17H2,1H3/t15-,16+/m0/s1. The van der Waals surface area contributed by atoms with Crippen molar-refractivity contribution < 1.29 is 10.2 Å². The van der Waals surface area contributed by atoms with E-state index in [0.717, 1.165) is 12.8 Å². The molecule has 0 radical (unpaired) electrons. The highest BCUT2D eigenvalue weighted by atomic mass is 16.3. The van der Waals surface area contributed by atoms with Crippen LogP contribution in [0.3, 0.4) is 0 Å². The summed E-state index contributed by atoms with van der Waals surface area (Å²) in [4.78, 5) is 0. The maximum atomic E-state index is 9.58. The Bertz CT molecular complexity index is 176. The zero-order valence-electron chi connectivity index (χ0n) is 12.8.